The van der Waals surface area contributed by atoms with Gasteiger partial charge in [0, 0.05) is 37.8 Å². The van der Waals surface area contributed by atoms with Crippen LogP contribution in [0.1, 0.15) is 17.0 Å². The molecule has 0 aliphatic carbocycles. The maximum absolute atomic E-state index is 13.7. The normalized spacial score (nSPS) is 11.6. The summed E-state index contributed by atoms with van der Waals surface area (Å²) in [6.45, 7) is 0.775. The molecule has 4 nitrogen and oxygen atoms in total. The highest BCUT2D eigenvalue weighted by Gasteiger charge is 2.13. The second kappa shape index (κ2) is 10.00. The Morgan fingerprint density at radius 2 is 1.59 bits per heavy atom. The Hall–Kier alpha value is -3.68. The predicted octanol–water partition coefficient (Wildman–Crippen LogP) is 7.82. The Labute approximate surface area is 232 Å². The molecule has 0 spiro atoms. The molecule has 0 saturated carbocycles. The fourth-order valence-corrected chi connectivity index (χ4v) is 5.23. The number of fused-ring (bicyclic) bond motifs is 2. The zero-order valence-electron chi connectivity index (χ0n) is 19.7. The summed E-state index contributed by atoms with van der Waals surface area (Å²) in [5.41, 5.74) is 4.72. The minimum atomic E-state index is -0.114. The van der Waals surface area contributed by atoms with Gasteiger partial charge in [0.25, 0.3) is 5.56 Å². The molecule has 0 saturated heterocycles. The fraction of sp³-hybridized carbons (Fsp3) is 0.0323. The highest BCUT2D eigenvalue weighted by molar-refractivity contribution is 14.1. The molecule has 6 heteroatoms. The number of rotatable bonds is 5. The van der Waals surface area contributed by atoms with Gasteiger partial charge in [0.15, 0.2) is 0 Å². The van der Waals surface area contributed by atoms with Crippen LogP contribution in [0.3, 0.4) is 0 Å². The Morgan fingerprint density at radius 1 is 0.838 bits per heavy atom. The summed E-state index contributed by atoms with van der Waals surface area (Å²) >= 11 is 8.35. The molecule has 2 aromatic heterocycles. The summed E-state index contributed by atoms with van der Waals surface area (Å²) in [7, 11) is 0. The van der Waals surface area contributed by atoms with Crippen LogP contribution in [0.4, 0.5) is 0 Å². The lowest BCUT2D eigenvalue weighted by Gasteiger charge is -2.12. The zero-order chi connectivity index (χ0) is 25.4. The molecule has 0 N–H and O–H groups in total. The van der Waals surface area contributed by atoms with Gasteiger partial charge in [-0.15, -0.1) is 0 Å². The number of hydrogen-bond donors (Lipinski definition) is 0. The molecule has 6 aromatic rings. The molecule has 0 unspecified atom stereocenters. The van der Waals surface area contributed by atoms with E-state index in [9.17, 15) is 4.79 Å². The van der Waals surface area contributed by atoms with E-state index in [1.54, 1.807) is 16.7 Å². The third kappa shape index (κ3) is 4.72. The second-order valence-electron chi connectivity index (χ2n) is 8.80. The molecule has 0 fully saturated rings. The van der Waals surface area contributed by atoms with Gasteiger partial charge in [-0.1, -0.05) is 60.1 Å². The first kappa shape index (κ1) is 23.7. The Kier molecular flexibility index (Phi) is 6.40. The van der Waals surface area contributed by atoms with Crippen LogP contribution >= 0.6 is 34.2 Å². The van der Waals surface area contributed by atoms with Crippen LogP contribution in [0.25, 0.3) is 39.6 Å². The van der Waals surface area contributed by atoms with Gasteiger partial charge in [-0.05, 0) is 88.8 Å². The predicted molar refractivity (Wildman–Crippen MR) is 161 cm³/mol. The van der Waals surface area contributed by atoms with Crippen LogP contribution < -0.4 is 5.56 Å². The number of aromatic nitrogens is 3. The van der Waals surface area contributed by atoms with Crippen LogP contribution in [0.15, 0.2) is 108 Å². The first-order chi connectivity index (χ1) is 18.1. The van der Waals surface area contributed by atoms with Crippen molar-refractivity contribution in [2.45, 2.75) is 6.54 Å². The summed E-state index contributed by atoms with van der Waals surface area (Å²) in [6, 6.07) is 31.8. The van der Waals surface area contributed by atoms with Gasteiger partial charge >= 0.3 is 0 Å². The average molecular weight is 614 g/mol. The molecule has 0 radical (unpaired) electrons. The molecule has 4 aromatic carbocycles. The van der Waals surface area contributed by atoms with E-state index in [2.05, 4.69) is 75.8 Å². The summed E-state index contributed by atoms with van der Waals surface area (Å²) in [5, 5.41) is 2.34. The van der Waals surface area contributed by atoms with Gasteiger partial charge in [0.05, 0.1) is 16.6 Å². The maximum Gasteiger partial charge on any atom is 0.266 e. The average Bonchev–Trinajstić information content (AvgIpc) is 3.26. The van der Waals surface area contributed by atoms with Gasteiger partial charge in [-0.2, -0.15) is 0 Å². The maximum atomic E-state index is 13.7. The number of benzene rings is 4. The first-order valence-corrected chi connectivity index (χ1v) is 13.3. The lowest BCUT2D eigenvalue weighted by molar-refractivity contribution is 0.836. The van der Waals surface area contributed by atoms with Crippen molar-refractivity contribution in [2.75, 3.05) is 0 Å². The third-order valence-electron chi connectivity index (χ3n) is 6.37. The highest BCUT2D eigenvalue weighted by atomic mass is 127. The van der Waals surface area contributed by atoms with Gasteiger partial charge in [0.1, 0.15) is 5.82 Å². The minimum absolute atomic E-state index is 0.114. The highest BCUT2D eigenvalue weighted by Crippen LogP contribution is 2.25. The van der Waals surface area contributed by atoms with Crippen LogP contribution in [0, 0.1) is 3.57 Å². The van der Waals surface area contributed by atoms with Crippen LogP contribution in [-0.4, -0.2) is 14.1 Å². The van der Waals surface area contributed by atoms with E-state index >= 15 is 0 Å². The van der Waals surface area contributed by atoms with E-state index in [0.29, 0.717) is 27.4 Å². The fourth-order valence-electron chi connectivity index (χ4n) is 4.61. The van der Waals surface area contributed by atoms with Crippen molar-refractivity contribution >= 4 is 68.1 Å². The van der Waals surface area contributed by atoms with Crippen LogP contribution in [0.2, 0.25) is 5.02 Å². The number of halogens is 2. The molecular weight excluding hydrogens is 593 g/mol. The van der Waals surface area contributed by atoms with E-state index in [-0.39, 0.29) is 5.56 Å². The molecule has 0 aliphatic rings. The summed E-state index contributed by atoms with van der Waals surface area (Å²) in [5.74, 6) is 0.556. The van der Waals surface area contributed by atoms with E-state index in [4.69, 9.17) is 16.6 Å². The van der Waals surface area contributed by atoms with Crippen molar-refractivity contribution in [1.82, 2.24) is 14.1 Å². The Balaban J connectivity index is 1.50. The third-order valence-corrected chi connectivity index (χ3v) is 7.29. The minimum Gasteiger partial charge on any atom is -0.342 e. The smallest absolute Gasteiger partial charge is 0.266 e. The molecular formula is C31H21ClIN3O. The monoisotopic (exact) mass is 613 g/mol. The molecule has 2 heterocycles. The standard InChI is InChI=1S/C31H21ClIN3O/c32-23-11-14-25(15-12-23)36-30(34-28-16-13-24(33)18-27(28)31(36)37)17-10-22-20-35(19-21-6-2-1-3-7-21)29-9-5-4-8-26(22)29/h1-18,20H,19H2. The lowest BCUT2D eigenvalue weighted by Crippen LogP contribution is -2.22. The quantitative estimate of drug-likeness (QED) is 0.186. The van der Waals surface area contributed by atoms with Gasteiger partial charge in [-0.3, -0.25) is 9.36 Å². The van der Waals surface area contributed by atoms with Crippen molar-refractivity contribution in [3.05, 3.63) is 139 Å². The molecule has 0 bridgehead atoms. The number of hydrogen-bond acceptors (Lipinski definition) is 2. The lowest BCUT2D eigenvalue weighted by atomic mass is 10.1. The van der Waals surface area contributed by atoms with E-state index in [0.717, 1.165) is 26.6 Å². The van der Waals surface area contributed by atoms with Crippen molar-refractivity contribution < 1.29 is 0 Å². The Morgan fingerprint density at radius 3 is 2.41 bits per heavy atom. The first-order valence-electron chi connectivity index (χ1n) is 11.8. The van der Waals surface area contributed by atoms with Gasteiger partial charge in [0.2, 0.25) is 0 Å². The van der Waals surface area contributed by atoms with Gasteiger partial charge in [-0.25, -0.2) is 4.98 Å². The number of nitrogens with zero attached hydrogens (tertiary/aromatic N) is 3. The topological polar surface area (TPSA) is 39.8 Å². The molecule has 6 rings (SSSR count). The van der Waals surface area contributed by atoms with Gasteiger partial charge < -0.3 is 4.57 Å². The van der Waals surface area contributed by atoms with Crippen LogP contribution in [-0.2, 0) is 6.54 Å². The van der Waals surface area contributed by atoms with E-state index in [1.165, 1.54) is 5.56 Å². The summed E-state index contributed by atoms with van der Waals surface area (Å²) < 4.78 is 4.89. The largest absolute Gasteiger partial charge is 0.342 e. The van der Waals surface area contributed by atoms with Crippen LogP contribution in [0.5, 0.6) is 0 Å². The van der Waals surface area contributed by atoms with Crippen molar-refractivity contribution in [3.8, 4) is 5.69 Å². The van der Waals surface area contributed by atoms with Crippen molar-refractivity contribution in [2.24, 2.45) is 0 Å². The van der Waals surface area contributed by atoms with E-state index < -0.39 is 0 Å². The SMILES string of the molecule is O=c1c2cc(I)ccc2nc(C=Cc2cn(Cc3ccccc3)c3ccccc23)n1-c1ccc(Cl)cc1. The van der Waals surface area contributed by atoms with E-state index in [1.807, 2.05) is 54.6 Å². The molecule has 0 aliphatic heterocycles. The molecule has 37 heavy (non-hydrogen) atoms. The second-order valence-corrected chi connectivity index (χ2v) is 10.5. The van der Waals surface area contributed by atoms with Crippen molar-refractivity contribution in [3.63, 3.8) is 0 Å². The summed E-state index contributed by atoms with van der Waals surface area (Å²) in [4.78, 5) is 18.5. The Bertz CT molecular complexity index is 1840. The number of para-hydroxylation sites is 1. The molecule has 180 valence electrons. The summed E-state index contributed by atoms with van der Waals surface area (Å²) in [6.07, 6.45) is 6.11. The molecule has 0 amide bonds. The molecule has 0 atom stereocenters. The zero-order valence-corrected chi connectivity index (χ0v) is 22.6. The van der Waals surface area contributed by atoms with Crippen molar-refractivity contribution in [1.29, 1.82) is 0 Å².